The van der Waals surface area contributed by atoms with Crippen LogP contribution in [0.15, 0.2) is 22.7 Å². The Morgan fingerprint density at radius 3 is 2.50 bits per heavy atom. The molecule has 0 radical (unpaired) electrons. The van der Waals surface area contributed by atoms with E-state index in [1.165, 1.54) is 5.56 Å². The molecular formula is C17H25BrN2O2. The molecule has 1 aliphatic rings. The number of aryl methyl sites for hydroxylation is 1. The van der Waals surface area contributed by atoms with Crippen molar-refractivity contribution in [1.82, 2.24) is 4.90 Å². The lowest BCUT2D eigenvalue weighted by Gasteiger charge is -2.34. The van der Waals surface area contributed by atoms with Crippen molar-refractivity contribution in [2.45, 2.75) is 52.2 Å². The van der Waals surface area contributed by atoms with Crippen LogP contribution in [0.4, 0.5) is 10.5 Å². The van der Waals surface area contributed by atoms with E-state index < -0.39 is 5.60 Å². The molecule has 0 saturated carbocycles. The number of rotatable bonds is 2. The number of carbonyl (C=O) groups excluding carboxylic acids is 1. The van der Waals surface area contributed by atoms with E-state index in [1.54, 1.807) is 4.90 Å². The summed E-state index contributed by atoms with van der Waals surface area (Å²) in [7, 11) is 0. The van der Waals surface area contributed by atoms with E-state index in [-0.39, 0.29) is 6.09 Å². The van der Waals surface area contributed by atoms with Gasteiger partial charge in [-0.15, -0.1) is 0 Å². The number of anilines is 1. The molecule has 0 unspecified atom stereocenters. The number of ether oxygens (including phenoxy) is 1. The van der Waals surface area contributed by atoms with Crippen molar-refractivity contribution in [2.75, 3.05) is 18.4 Å². The molecule has 1 heterocycles. The highest BCUT2D eigenvalue weighted by atomic mass is 79.9. The second-order valence-electron chi connectivity index (χ2n) is 6.85. The molecule has 4 nitrogen and oxygen atoms in total. The number of piperidine rings is 1. The zero-order chi connectivity index (χ0) is 16.3. The summed E-state index contributed by atoms with van der Waals surface area (Å²) in [6, 6.07) is 6.70. The first kappa shape index (κ1) is 17.1. The number of nitrogens with zero attached hydrogens (tertiary/aromatic N) is 1. The van der Waals surface area contributed by atoms with Crippen molar-refractivity contribution in [3.05, 3.63) is 28.2 Å². The summed E-state index contributed by atoms with van der Waals surface area (Å²) in [5, 5.41) is 3.55. The van der Waals surface area contributed by atoms with Crippen molar-refractivity contribution < 1.29 is 9.53 Å². The van der Waals surface area contributed by atoms with Gasteiger partial charge in [0.1, 0.15) is 5.60 Å². The van der Waals surface area contributed by atoms with E-state index in [1.807, 2.05) is 20.8 Å². The van der Waals surface area contributed by atoms with E-state index in [9.17, 15) is 4.79 Å². The number of hydrogen-bond donors (Lipinski definition) is 1. The van der Waals surface area contributed by atoms with Crippen LogP contribution in [0.5, 0.6) is 0 Å². The molecule has 0 bridgehead atoms. The zero-order valence-corrected chi connectivity index (χ0v) is 15.4. The lowest BCUT2D eigenvalue weighted by Crippen LogP contribution is -2.44. The van der Waals surface area contributed by atoms with Crippen LogP contribution in [0.1, 0.15) is 39.2 Å². The number of amides is 1. The van der Waals surface area contributed by atoms with Crippen molar-refractivity contribution >= 4 is 27.7 Å². The Hall–Kier alpha value is -1.23. The van der Waals surface area contributed by atoms with Gasteiger partial charge < -0.3 is 15.0 Å². The van der Waals surface area contributed by atoms with Gasteiger partial charge in [0, 0.05) is 29.3 Å². The molecule has 0 aliphatic carbocycles. The van der Waals surface area contributed by atoms with Crippen LogP contribution in [0.2, 0.25) is 0 Å². The van der Waals surface area contributed by atoms with Crippen LogP contribution in [0.25, 0.3) is 0 Å². The number of hydrogen-bond acceptors (Lipinski definition) is 3. The molecular weight excluding hydrogens is 344 g/mol. The topological polar surface area (TPSA) is 41.6 Å². The fourth-order valence-electron chi connectivity index (χ4n) is 2.45. The van der Waals surface area contributed by atoms with Crippen LogP contribution in [0.3, 0.4) is 0 Å². The lowest BCUT2D eigenvalue weighted by atomic mass is 10.0. The Bertz CT molecular complexity index is 532. The van der Waals surface area contributed by atoms with Crippen molar-refractivity contribution in [1.29, 1.82) is 0 Å². The van der Waals surface area contributed by atoms with Crippen LogP contribution in [-0.4, -0.2) is 35.7 Å². The highest BCUT2D eigenvalue weighted by Crippen LogP contribution is 2.23. The summed E-state index contributed by atoms with van der Waals surface area (Å²) in [6.45, 7) is 9.24. The molecule has 1 N–H and O–H groups in total. The number of nitrogens with one attached hydrogen (secondary N) is 1. The van der Waals surface area contributed by atoms with Crippen LogP contribution >= 0.6 is 15.9 Å². The number of carbonyl (C=O) groups is 1. The molecule has 1 amide bonds. The second kappa shape index (κ2) is 6.90. The van der Waals surface area contributed by atoms with E-state index in [4.69, 9.17) is 4.74 Å². The average Bonchev–Trinajstić information content (AvgIpc) is 2.42. The van der Waals surface area contributed by atoms with Gasteiger partial charge in [-0.25, -0.2) is 4.79 Å². The number of benzene rings is 1. The van der Waals surface area contributed by atoms with Crippen LogP contribution in [-0.2, 0) is 4.74 Å². The normalized spacial score (nSPS) is 16.5. The van der Waals surface area contributed by atoms with Crippen molar-refractivity contribution in [3.8, 4) is 0 Å². The molecule has 2 rings (SSSR count). The highest BCUT2D eigenvalue weighted by Gasteiger charge is 2.26. The summed E-state index contributed by atoms with van der Waals surface area (Å²) in [5.41, 5.74) is 1.92. The molecule has 0 atom stereocenters. The second-order valence-corrected chi connectivity index (χ2v) is 7.70. The maximum absolute atomic E-state index is 12.0. The Morgan fingerprint density at radius 2 is 1.95 bits per heavy atom. The smallest absolute Gasteiger partial charge is 0.410 e. The van der Waals surface area contributed by atoms with Gasteiger partial charge in [0.05, 0.1) is 0 Å². The summed E-state index contributed by atoms with van der Waals surface area (Å²) < 4.78 is 6.53. The lowest BCUT2D eigenvalue weighted by molar-refractivity contribution is 0.0210. The maximum atomic E-state index is 12.0. The van der Waals surface area contributed by atoms with E-state index in [0.717, 1.165) is 36.1 Å². The molecule has 0 spiro atoms. The summed E-state index contributed by atoms with van der Waals surface area (Å²) >= 11 is 3.56. The average molecular weight is 369 g/mol. The molecule has 1 aromatic carbocycles. The van der Waals surface area contributed by atoms with E-state index in [2.05, 4.69) is 46.4 Å². The van der Waals surface area contributed by atoms with Gasteiger partial charge in [0.25, 0.3) is 0 Å². The minimum absolute atomic E-state index is 0.205. The third-order valence-corrected chi connectivity index (χ3v) is 4.54. The summed E-state index contributed by atoms with van der Waals surface area (Å²) in [4.78, 5) is 13.8. The van der Waals surface area contributed by atoms with Gasteiger partial charge >= 0.3 is 6.09 Å². The third-order valence-electron chi connectivity index (χ3n) is 3.69. The van der Waals surface area contributed by atoms with Gasteiger partial charge in [0.2, 0.25) is 0 Å². The van der Waals surface area contributed by atoms with Crippen LogP contribution < -0.4 is 5.32 Å². The first-order chi connectivity index (χ1) is 10.2. The Labute approximate surface area is 141 Å². The zero-order valence-electron chi connectivity index (χ0n) is 13.8. The highest BCUT2D eigenvalue weighted by molar-refractivity contribution is 9.10. The molecule has 122 valence electrons. The maximum Gasteiger partial charge on any atom is 0.410 e. The van der Waals surface area contributed by atoms with E-state index >= 15 is 0 Å². The molecule has 22 heavy (non-hydrogen) atoms. The molecule has 5 heteroatoms. The first-order valence-corrected chi connectivity index (χ1v) is 8.54. The molecule has 1 saturated heterocycles. The first-order valence-electron chi connectivity index (χ1n) is 7.75. The van der Waals surface area contributed by atoms with E-state index in [0.29, 0.717) is 6.04 Å². The largest absolute Gasteiger partial charge is 0.444 e. The van der Waals surface area contributed by atoms with Crippen LogP contribution in [0, 0.1) is 6.92 Å². The van der Waals surface area contributed by atoms with Gasteiger partial charge in [-0.05, 0) is 58.2 Å². The predicted octanol–water partition coefficient (Wildman–Crippen LogP) is 4.57. The van der Waals surface area contributed by atoms with Crippen molar-refractivity contribution in [3.63, 3.8) is 0 Å². The Balaban J connectivity index is 1.84. The Morgan fingerprint density at radius 1 is 1.32 bits per heavy atom. The molecule has 0 aromatic heterocycles. The standard InChI is InChI=1S/C17H25BrN2O2/c1-12-5-6-14(11-15(12)18)19-13-7-9-20(10-8-13)16(21)22-17(2,3)4/h5-6,11,13,19H,7-10H2,1-4H3. The molecule has 1 aromatic rings. The summed E-state index contributed by atoms with van der Waals surface area (Å²) in [6.07, 6.45) is 1.67. The van der Waals surface area contributed by atoms with Gasteiger partial charge in [0.15, 0.2) is 0 Å². The van der Waals surface area contributed by atoms with Crippen molar-refractivity contribution in [2.24, 2.45) is 0 Å². The minimum atomic E-state index is -0.430. The molecule has 1 fully saturated rings. The third kappa shape index (κ3) is 4.90. The molecule has 1 aliphatic heterocycles. The number of halogens is 1. The van der Waals surface area contributed by atoms with Gasteiger partial charge in [-0.1, -0.05) is 22.0 Å². The van der Waals surface area contributed by atoms with Gasteiger partial charge in [-0.2, -0.15) is 0 Å². The summed E-state index contributed by atoms with van der Waals surface area (Å²) in [5.74, 6) is 0. The SMILES string of the molecule is Cc1ccc(NC2CCN(C(=O)OC(C)(C)C)CC2)cc1Br. The fourth-order valence-corrected chi connectivity index (χ4v) is 2.83. The Kier molecular flexibility index (Phi) is 5.37. The predicted molar refractivity (Wildman–Crippen MR) is 93.3 cm³/mol. The minimum Gasteiger partial charge on any atom is -0.444 e. The number of likely N-dealkylation sites (tertiary alicyclic amines) is 1. The monoisotopic (exact) mass is 368 g/mol. The quantitative estimate of drug-likeness (QED) is 0.830. The van der Waals surface area contributed by atoms with Gasteiger partial charge in [-0.3, -0.25) is 0 Å². The fraction of sp³-hybridized carbons (Fsp3) is 0.588.